The molecule has 0 bridgehead atoms. The lowest BCUT2D eigenvalue weighted by Crippen LogP contribution is -2.45. The molecule has 2 aliphatic carbocycles. The van der Waals surface area contributed by atoms with Gasteiger partial charge in [0.1, 0.15) is 5.60 Å². The molecule has 2 saturated carbocycles. The van der Waals surface area contributed by atoms with Crippen LogP contribution < -0.4 is 5.32 Å². The maximum Gasteiger partial charge on any atom is 0.407 e. The van der Waals surface area contributed by atoms with Crippen molar-refractivity contribution in [2.75, 3.05) is 7.05 Å². The Morgan fingerprint density at radius 3 is 2.11 bits per heavy atom. The van der Waals surface area contributed by atoms with Crippen molar-refractivity contribution >= 4 is 12.0 Å². The Hall–Kier alpha value is -1.26. The normalized spacial score (nSPS) is 20.7. The molecule has 0 aromatic rings. The average Bonchev–Trinajstić information content (AvgIpc) is 2.64. The number of ether oxygens (including phenoxy) is 1. The Morgan fingerprint density at radius 2 is 1.56 bits per heavy atom. The summed E-state index contributed by atoms with van der Waals surface area (Å²) in [5.41, 5.74) is -0.502. The monoisotopic (exact) mass is 380 g/mol. The summed E-state index contributed by atoms with van der Waals surface area (Å²) in [6.07, 6.45) is 12.8. The summed E-state index contributed by atoms with van der Waals surface area (Å²) >= 11 is 0. The zero-order valence-electron chi connectivity index (χ0n) is 17.9. The van der Waals surface area contributed by atoms with Crippen LogP contribution in [-0.2, 0) is 9.53 Å². The molecule has 1 atom stereocenters. The van der Waals surface area contributed by atoms with Crippen LogP contribution >= 0.6 is 0 Å². The molecule has 2 fully saturated rings. The molecular weight excluding hydrogens is 340 g/mol. The summed E-state index contributed by atoms with van der Waals surface area (Å²) in [4.78, 5) is 27.0. The Bertz CT molecular complexity index is 474. The Kier molecular flexibility index (Phi) is 8.43. The Morgan fingerprint density at radius 1 is 1.00 bits per heavy atom. The number of hydrogen-bond acceptors (Lipinski definition) is 3. The molecule has 5 heteroatoms. The summed E-state index contributed by atoms with van der Waals surface area (Å²) in [6, 6.07) is 0.432. The molecule has 0 aromatic carbocycles. The van der Waals surface area contributed by atoms with E-state index in [0.29, 0.717) is 24.8 Å². The minimum Gasteiger partial charge on any atom is -0.444 e. The molecule has 0 aliphatic heterocycles. The van der Waals surface area contributed by atoms with Gasteiger partial charge < -0.3 is 15.0 Å². The number of hydrogen-bond donors (Lipinski definition) is 1. The van der Waals surface area contributed by atoms with Gasteiger partial charge in [-0.1, -0.05) is 38.5 Å². The van der Waals surface area contributed by atoms with Crippen molar-refractivity contribution < 1.29 is 14.3 Å². The molecule has 0 saturated heterocycles. The van der Waals surface area contributed by atoms with E-state index in [4.69, 9.17) is 4.74 Å². The average molecular weight is 381 g/mol. The lowest BCUT2D eigenvalue weighted by atomic mass is 9.82. The Labute approximate surface area is 165 Å². The second kappa shape index (κ2) is 10.3. The van der Waals surface area contributed by atoms with Gasteiger partial charge in [-0.25, -0.2) is 4.79 Å². The van der Waals surface area contributed by atoms with Crippen molar-refractivity contribution in [3.63, 3.8) is 0 Å². The van der Waals surface area contributed by atoms with E-state index in [1.54, 1.807) is 0 Å². The van der Waals surface area contributed by atoms with Crippen LogP contribution in [0.15, 0.2) is 0 Å². The maximum absolute atomic E-state index is 12.7. The SMILES string of the molecule is CN(C(=O)CCC(NC(=O)OC(C)(C)C)C1CCCCC1)C1CCCCC1. The van der Waals surface area contributed by atoms with E-state index in [-0.39, 0.29) is 18.0 Å². The van der Waals surface area contributed by atoms with E-state index in [9.17, 15) is 9.59 Å². The van der Waals surface area contributed by atoms with Crippen LogP contribution in [0.1, 0.15) is 97.8 Å². The number of carbonyl (C=O) groups is 2. The molecule has 1 unspecified atom stereocenters. The van der Waals surface area contributed by atoms with E-state index in [1.165, 1.54) is 38.5 Å². The van der Waals surface area contributed by atoms with Crippen LogP contribution in [-0.4, -0.2) is 41.6 Å². The molecule has 0 spiro atoms. The van der Waals surface area contributed by atoms with Gasteiger partial charge in [-0.15, -0.1) is 0 Å². The summed E-state index contributed by atoms with van der Waals surface area (Å²) < 4.78 is 5.46. The minimum atomic E-state index is -0.502. The van der Waals surface area contributed by atoms with Crippen molar-refractivity contribution in [1.82, 2.24) is 10.2 Å². The van der Waals surface area contributed by atoms with Gasteiger partial charge in [0.05, 0.1) is 0 Å². The van der Waals surface area contributed by atoms with Crippen molar-refractivity contribution in [2.24, 2.45) is 5.92 Å². The molecule has 2 aliphatic rings. The van der Waals surface area contributed by atoms with Crippen LogP contribution in [0.3, 0.4) is 0 Å². The zero-order valence-corrected chi connectivity index (χ0v) is 17.9. The first-order valence-corrected chi connectivity index (χ1v) is 11.0. The molecule has 1 N–H and O–H groups in total. The van der Waals surface area contributed by atoms with E-state index in [1.807, 2.05) is 32.7 Å². The topological polar surface area (TPSA) is 58.6 Å². The predicted molar refractivity (Wildman–Crippen MR) is 109 cm³/mol. The van der Waals surface area contributed by atoms with E-state index in [2.05, 4.69) is 5.32 Å². The first-order valence-electron chi connectivity index (χ1n) is 11.0. The Balaban J connectivity index is 1.90. The molecule has 0 heterocycles. The summed E-state index contributed by atoms with van der Waals surface area (Å²) in [5.74, 6) is 0.674. The number of alkyl carbamates (subject to hydrolysis) is 1. The molecule has 2 rings (SSSR count). The third kappa shape index (κ3) is 7.71. The van der Waals surface area contributed by atoms with Crippen LogP contribution in [0, 0.1) is 5.92 Å². The lowest BCUT2D eigenvalue weighted by Gasteiger charge is -2.34. The molecule has 2 amide bonds. The van der Waals surface area contributed by atoms with Crippen molar-refractivity contribution in [2.45, 2.75) is 116 Å². The summed E-state index contributed by atoms with van der Waals surface area (Å²) in [7, 11) is 1.95. The van der Waals surface area contributed by atoms with E-state index in [0.717, 1.165) is 25.7 Å². The van der Waals surface area contributed by atoms with Gasteiger partial charge in [0.25, 0.3) is 0 Å². The van der Waals surface area contributed by atoms with Crippen LogP contribution in [0.4, 0.5) is 4.79 Å². The van der Waals surface area contributed by atoms with E-state index >= 15 is 0 Å². The first-order chi connectivity index (χ1) is 12.8. The number of nitrogens with zero attached hydrogens (tertiary/aromatic N) is 1. The molecule has 5 nitrogen and oxygen atoms in total. The van der Waals surface area contributed by atoms with Gasteiger partial charge in [0.15, 0.2) is 0 Å². The zero-order chi connectivity index (χ0) is 19.9. The fraction of sp³-hybridized carbons (Fsp3) is 0.909. The van der Waals surface area contributed by atoms with Gasteiger partial charge >= 0.3 is 6.09 Å². The molecule has 156 valence electrons. The lowest BCUT2D eigenvalue weighted by molar-refractivity contribution is -0.132. The number of nitrogens with one attached hydrogen (secondary N) is 1. The van der Waals surface area contributed by atoms with Gasteiger partial charge in [0.2, 0.25) is 5.91 Å². The quantitative estimate of drug-likeness (QED) is 0.703. The van der Waals surface area contributed by atoms with Gasteiger partial charge in [-0.3, -0.25) is 4.79 Å². The second-order valence-corrected chi connectivity index (χ2v) is 9.49. The molecule has 0 radical (unpaired) electrons. The summed E-state index contributed by atoms with van der Waals surface area (Å²) in [5, 5.41) is 3.09. The largest absolute Gasteiger partial charge is 0.444 e. The third-order valence-electron chi connectivity index (χ3n) is 6.11. The van der Waals surface area contributed by atoms with Crippen molar-refractivity contribution in [1.29, 1.82) is 0 Å². The first kappa shape index (κ1) is 22.0. The fourth-order valence-electron chi connectivity index (χ4n) is 4.55. The van der Waals surface area contributed by atoms with Gasteiger partial charge in [-0.2, -0.15) is 0 Å². The third-order valence-corrected chi connectivity index (χ3v) is 6.11. The standard InChI is InChI=1S/C22H40N2O3/c1-22(2,3)27-21(26)23-19(17-11-7-5-8-12-17)15-16-20(25)24(4)18-13-9-6-10-14-18/h17-19H,5-16H2,1-4H3,(H,23,26). The molecule has 27 heavy (non-hydrogen) atoms. The maximum atomic E-state index is 12.7. The highest BCUT2D eigenvalue weighted by molar-refractivity contribution is 5.76. The smallest absolute Gasteiger partial charge is 0.407 e. The van der Waals surface area contributed by atoms with Crippen LogP contribution in [0.2, 0.25) is 0 Å². The second-order valence-electron chi connectivity index (χ2n) is 9.49. The number of carbonyl (C=O) groups excluding carboxylic acids is 2. The van der Waals surface area contributed by atoms with E-state index < -0.39 is 5.60 Å². The van der Waals surface area contributed by atoms with Crippen LogP contribution in [0.5, 0.6) is 0 Å². The predicted octanol–water partition coefficient (Wildman–Crippen LogP) is 5.03. The number of rotatable bonds is 6. The molecule has 0 aromatic heterocycles. The van der Waals surface area contributed by atoms with Gasteiger partial charge in [0, 0.05) is 25.6 Å². The van der Waals surface area contributed by atoms with Crippen molar-refractivity contribution in [3.05, 3.63) is 0 Å². The molecular formula is C22H40N2O3. The summed E-state index contributed by atoms with van der Waals surface area (Å²) in [6.45, 7) is 5.64. The highest BCUT2D eigenvalue weighted by Crippen LogP contribution is 2.29. The minimum absolute atomic E-state index is 0.0313. The fourth-order valence-corrected chi connectivity index (χ4v) is 4.55. The highest BCUT2D eigenvalue weighted by Gasteiger charge is 2.29. The number of amides is 2. The highest BCUT2D eigenvalue weighted by atomic mass is 16.6. The van der Waals surface area contributed by atoms with Gasteiger partial charge in [-0.05, 0) is 58.8 Å². The van der Waals surface area contributed by atoms with Crippen LogP contribution in [0.25, 0.3) is 0 Å². The van der Waals surface area contributed by atoms with Crippen molar-refractivity contribution in [3.8, 4) is 0 Å².